The molecular formula is C14H13FN2O2. The topological polar surface area (TPSA) is 62.2 Å². The minimum atomic E-state index is -0.351. The third kappa shape index (κ3) is 3.28. The van der Waals surface area contributed by atoms with Gasteiger partial charge in [-0.15, -0.1) is 0 Å². The molecule has 2 N–H and O–H groups in total. The molecule has 0 bridgehead atoms. The summed E-state index contributed by atoms with van der Waals surface area (Å²) in [7, 11) is 0. The molecular weight excluding hydrogens is 247 g/mol. The fraction of sp³-hybridized carbons (Fsp3) is 0.143. The average molecular weight is 260 g/mol. The van der Waals surface area contributed by atoms with E-state index in [2.05, 4.69) is 10.3 Å². The lowest BCUT2D eigenvalue weighted by atomic mass is 10.1. The van der Waals surface area contributed by atoms with Gasteiger partial charge in [-0.25, -0.2) is 9.37 Å². The quantitative estimate of drug-likeness (QED) is 0.887. The molecule has 98 valence electrons. The van der Waals surface area contributed by atoms with Gasteiger partial charge in [0, 0.05) is 11.8 Å². The molecule has 0 spiro atoms. The van der Waals surface area contributed by atoms with E-state index in [-0.39, 0.29) is 29.7 Å². The number of hydrogen-bond acceptors (Lipinski definition) is 4. The van der Waals surface area contributed by atoms with Gasteiger partial charge in [-0.05, 0) is 30.7 Å². The van der Waals surface area contributed by atoms with Crippen molar-refractivity contribution >= 4 is 11.6 Å². The van der Waals surface area contributed by atoms with Gasteiger partial charge in [0.15, 0.2) is 11.6 Å². The van der Waals surface area contributed by atoms with Crippen LogP contribution < -0.4 is 5.32 Å². The number of carbonyl (C=O) groups is 1. The number of halogens is 1. The first kappa shape index (κ1) is 13.0. The molecule has 0 saturated heterocycles. The van der Waals surface area contributed by atoms with Crippen molar-refractivity contribution in [2.75, 3.05) is 11.9 Å². The van der Waals surface area contributed by atoms with E-state index < -0.39 is 0 Å². The number of aromatic hydroxyl groups is 1. The van der Waals surface area contributed by atoms with Gasteiger partial charge in [-0.1, -0.05) is 12.1 Å². The molecule has 19 heavy (non-hydrogen) atoms. The molecule has 1 aromatic heterocycles. The van der Waals surface area contributed by atoms with Gasteiger partial charge in [0.1, 0.15) is 11.6 Å². The molecule has 1 heterocycles. The Balaban J connectivity index is 2.26. The second kappa shape index (κ2) is 5.48. The third-order valence-electron chi connectivity index (χ3n) is 2.53. The summed E-state index contributed by atoms with van der Waals surface area (Å²) in [5.74, 6) is -0.260. The number of rotatable bonds is 4. The number of anilines is 1. The highest BCUT2D eigenvalue weighted by atomic mass is 19.1. The Kier molecular flexibility index (Phi) is 3.75. The Morgan fingerprint density at radius 3 is 2.79 bits per heavy atom. The number of Topliss-reactive ketones (excluding diaryl/α,β-unsaturated/α-hetero) is 1. The molecule has 0 amide bonds. The molecule has 1 aromatic carbocycles. The van der Waals surface area contributed by atoms with Crippen LogP contribution in [0.4, 0.5) is 10.2 Å². The number of aromatic nitrogens is 1. The van der Waals surface area contributed by atoms with Crippen molar-refractivity contribution in [1.29, 1.82) is 0 Å². The Morgan fingerprint density at radius 2 is 2.16 bits per heavy atom. The Morgan fingerprint density at radius 1 is 1.37 bits per heavy atom. The summed E-state index contributed by atoms with van der Waals surface area (Å²) >= 11 is 0. The normalized spacial score (nSPS) is 10.2. The molecule has 0 atom stereocenters. The van der Waals surface area contributed by atoms with Crippen LogP contribution in [0.5, 0.6) is 5.75 Å². The van der Waals surface area contributed by atoms with Gasteiger partial charge in [-0.2, -0.15) is 0 Å². The first-order valence-electron chi connectivity index (χ1n) is 5.74. The Labute approximate surface area is 109 Å². The fourth-order valence-electron chi connectivity index (χ4n) is 1.62. The lowest BCUT2D eigenvalue weighted by molar-refractivity contribution is -0.115. The molecule has 0 aliphatic heterocycles. The molecule has 0 unspecified atom stereocenters. The van der Waals surface area contributed by atoms with E-state index >= 15 is 0 Å². The first-order chi connectivity index (χ1) is 9.06. The maximum Gasteiger partial charge on any atom is 0.168 e. The largest absolute Gasteiger partial charge is 0.504 e. The van der Waals surface area contributed by atoms with E-state index in [0.717, 1.165) is 0 Å². The monoisotopic (exact) mass is 260 g/mol. The van der Waals surface area contributed by atoms with E-state index in [4.69, 9.17) is 0 Å². The molecule has 2 rings (SSSR count). The smallest absolute Gasteiger partial charge is 0.168 e. The number of benzene rings is 1. The van der Waals surface area contributed by atoms with E-state index in [9.17, 15) is 14.3 Å². The number of nitrogens with zero attached hydrogens (tertiary/aromatic N) is 1. The van der Waals surface area contributed by atoms with Crippen LogP contribution in [0.2, 0.25) is 0 Å². The molecule has 5 heteroatoms. The van der Waals surface area contributed by atoms with Gasteiger partial charge in [0.05, 0.1) is 6.54 Å². The minimum absolute atomic E-state index is 0.0598. The summed E-state index contributed by atoms with van der Waals surface area (Å²) in [5, 5.41) is 12.5. The molecule has 0 fully saturated rings. The highest BCUT2D eigenvalue weighted by molar-refractivity contribution is 5.80. The van der Waals surface area contributed by atoms with Crippen LogP contribution in [0.15, 0.2) is 36.5 Å². The fourth-order valence-corrected chi connectivity index (χ4v) is 1.62. The van der Waals surface area contributed by atoms with Crippen LogP contribution in [0.25, 0.3) is 11.1 Å². The predicted octanol–water partition coefficient (Wildman–Crippen LogP) is 2.59. The number of ketones is 1. The second-order valence-corrected chi connectivity index (χ2v) is 4.16. The van der Waals surface area contributed by atoms with Crippen molar-refractivity contribution < 1.29 is 14.3 Å². The molecule has 4 nitrogen and oxygen atoms in total. The van der Waals surface area contributed by atoms with E-state index in [1.54, 1.807) is 12.1 Å². The Hall–Kier alpha value is -2.43. The van der Waals surface area contributed by atoms with E-state index in [0.29, 0.717) is 11.1 Å². The van der Waals surface area contributed by atoms with Gasteiger partial charge < -0.3 is 10.4 Å². The zero-order valence-electron chi connectivity index (χ0n) is 10.4. The summed E-state index contributed by atoms with van der Waals surface area (Å²) < 4.78 is 13.1. The summed E-state index contributed by atoms with van der Waals surface area (Å²) in [6.45, 7) is 1.53. The Bertz CT molecular complexity index is 614. The number of carbonyl (C=O) groups excluding carboxylic acids is 1. The van der Waals surface area contributed by atoms with Crippen molar-refractivity contribution in [3.63, 3.8) is 0 Å². The summed E-state index contributed by atoms with van der Waals surface area (Å²) in [6.07, 6.45) is 1.51. The zero-order valence-corrected chi connectivity index (χ0v) is 10.4. The van der Waals surface area contributed by atoms with Crippen LogP contribution in [-0.4, -0.2) is 22.4 Å². The summed E-state index contributed by atoms with van der Waals surface area (Å²) in [5.41, 5.74) is 1.23. The predicted molar refractivity (Wildman–Crippen MR) is 70.5 cm³/mol. The molecule has 2 aromatic rings. The van der Waals surface area contributed by atoms with E-state index in [1.165, 1.54) is 31.3 Å². The van der Waals surface area contributed by atoms with Crippen molar-refractivity contribution in [2.45, 2.75) is 6.92 Å². The maximum absolute atomic E-state index is 13.1. The van der Waals surface area contributed by atoms with Crippen LogP contribution in [0, 0.1) is 5.82 Å². The highest BCUT2D eigenvalue weighted by Gasteiger charge is 2.07. The standard InChI is InChI=1S/C14H13FN2O2/c1-9(18)7-16-14-13(19)6-11(8-17-14)10-3-2-4-12(15)5-10/h2-6,8,19H,7H2,1H3,(H,16,17). The van der Waals surface area contributed by atoms with Gasteiger partial charge in [0.25, 0.3) is 0 Å². The average Bonchev–Trinajstić information content (AvgIpc) is 2.37. The van der Waals surface area contributed by atoms with Crippen LogP contribution >= 0.6 is 0 Å². The number of pyridine rings is 1. The minimum Gasteiger partial charge on any atom is -0.504 e. The lowest BCUT2D eigenvalue weighted by Crippen LogP contribution is -2.10. The van der Waals surface area contributed by atoms with Crippen molar-refractivity contribution in [2.24, 2.45) is 0 Å². The molecule has 0 saturated carbocycles. The summed E-state index contributed by atoms with van der Waals surface area (Å²) in [6, 6.07) is 7.49. The molecule has 0 aliphatic rings. The van der Waals surface area contributed by atoms with Gasteiger partial charge in [0.2, 0.25) is 0 Å². The SMILES string of the molecule is CC(=O)CNc1ncc(-c2cccc(F)c2)cc1O. The van der Waals surface area contributed by atoms with Crippen LogP contribution in [0.1, 0.15) is 6.92 Å². The summed E-state index contributed by atoms with van der Waals surface area (Å²) in [4.78, 5) is 14.9. The highest BCUT2D eigenvalue weighted by Crippen LogP contribution is 2.27. The van der Waals surface area contributed by atoms with Crippen molar-refractivity contribution in [3.8, 4) is 16.9 Å². The van der Waals surface area contributed by atoms with Gasteiger partial charge >= 0.3 is 0 Å². The van der Waals surface area contributed by atoms with Gasteiger partial charge in [-0.3, -0.25) is 4.79 Å². The van der Waals surface area contributed by atoms with Crippen LogP contribution in [-0.2, 0) is 4.79 Å². The lowest BCUT2D eigenvalue weighted by Gasteiger charge is -2.08. The molecule has 0 radical (unpaired) electrons. The second-order valence-electron chi connectivity index (χ2n) is 4.16. The van der Waals surface area contributed by atoms with Crippen molar-refractivity contribution in [1.82, 2.24) is 4.98 Å². The van der Waals surface area contributed by atoms with E-state index in [1.807, 2.05) is 0 Å². The molecule has 0 aliphatic carbocycles. The maximum atomic E-state index is 13.1. The zero-order chi connectivity index (χ0) is 13.8. The van der Waals surface area contributed by atoms with Crippen molar-refractivity contribution in [3.05, 3.63) is 42.3 Å². The number of nitrogens with one attached hydrogen (secondary N) is 1. The van der Waals surface area contributed by atoms with Crippen LogP contribution in [0.3, 0.4) is 0 Å². The number of hydrogen-bond donors (Lipinski definition) is 2. The third-order valence-corrected chi connectivity index (χ3v) is 2.53. The first-order valence-corrected chi connectivity index (χ1v) is 5.74.